The van der Waals surface area contributed by atoms with Gasteiger partial charge in [-0.2, -0.15) is 0 Å². The van der Waals surface area contributed by atoms with E-state index in [0.29, 0.717) is 13.1 Å². The maximum atomic E-state index is 9.00. The van der Waals surface area contributed by atoms with Crippen molar-refractivity contribution in [2.45, 2.75) is 27.7 Å². The van der Waals surface area contributed by atoms with Gasteiger partial charge in [-0.25, -0.2) is 0 Å². The monoisotopic (exact) mass is 307 g/mol. The molecule has 0 aliphatic heterocycles. The molecular weight excluding hydrogens is 283 g/mol. The van der Waals surface area contributed by atoms with Gasteiger partial charge in [0.25, 0.3) is 23.9 Å². The summed E-state index contributed by atoms with van der Waals surface area (Å²) in [7, 11) is 0. The molecule has 0 saturated carbocycles. The second-order valence-corrected chi connectivity index (χ2v) is 2.65. The molecule has 1 radical (unpaired) electrons. The summed E-state index contributed by atoms with van der Waals surface area (Å²) in [5.74, 6) is -3.33. The van der Waals surface area contributed by atoms with E-state index < -0.39 is 23.9 Å². The molecule has 0 aromatic carbocycles. The topological polar surface area (TPSA) is 201 Å². The van der Waals surface area contributed by atoms with Crippen molar-refractivity contribution in [2.24, 2.45) is 11.5 Å². The molecule has 0 fully saturated rings. The van der Waals surface area contributed by atoms with Crippen molar-refractivity contribution in [2.75, 3.05) is 13.1 Å². The van der Waals surface area contributed by atoms with Crippen LogP contribution in [0.4, 0.5) is 0 Å². The van der Waals surface area contributed by atoms with Crippen molar-refractivity contribution < 1.29 is 39.6 Å². The first-order chi connectivity index (χ1) is 8.84. The van der Waals surface area contributed by atoms with Crippen molar-refractivity contribution in [1.82, 2.24) is 0 Å². The van der Waals surface area contributed by atoms with Crippen LogP contribution < -0.4 is 11.5 Å². The number of rotatable bonds is 1. The van der Waals surface area contributed by atoms with Crippen LogP contribution in [0.15, 0.2) is 0 Å². The number of carboxylic acid groups (broad SMARTS) is 4. The third kappa shape index (κ3) is 13600. The van der Waals surface area contributed by atoms with Gasteiger partial charge in [0, 0.05) is 59.6 Å². The molecule has 11 heteroatoms. The zero-order valence-corrected chi connectivity index (χ0v) is 13.0. The van der Waals surface area contributed by atoms with Gasteiger partial charge in [0.15, 0.2) is 0 Å². The van der Waals surface area contributed by atoms with E-state index in [1.807, 2.05) is 0 Å². The fourth-order valence-corrected chi connectivity index (χ4v) is 0. The first-order valence-corrected chi connectivity index (χ1v) is 5.03. The minimum absolute atomic E-state index is 0. The Bertz CT molecular complexity index is 195. The zero-order valence-electron chi connectivity index (χ0n) is 13.0. The Hall–Kier alpha value is -1.60. The van der Waals surface area contributed by atoms with Crippen molar-refractivity contribution >= 4 is 42.7 Å². The third-order valence-corrected chi connectivity index (χ3v) is 0.167. The van der Waals surface area contributed by atoms with Crippen molar-refractivity contribution in [3.05, 3.63) is 0 Å². The first-order valence-electron chi connectivity index (χ1n) is 5.03. The Labute approximate surface area is 135 Å². The molecule has 0 saturated heterocycles. The van der Waals surface area contributed by atoms with Gasteiger partial charge in [-0.15, -0.1) is 0 Å². The first kappa shape index (κ1) is 36.6. The van der Waals surface area contributed by atoms with Crippen LogP contribution in [0.3, 0.4) is 0 Å². The number of carboxylic acids is 4. The molecular formula is C10H24LiN2O8. The Morgan fingerprint density at radius 2 is 0.667 bits per heavy atom. The summed E-state index contributed by atoms with van der Waals surface area (Å²) in [6.07, 6.45) is 0. The number of nitrogens with two attached hydrogens (primary N) is 2. The number of hydrogen-bond acceptors (Lipinski definition) is 6. The minimum Gasteiger partial charge on any atom is -0.481 e. The molecule has 0 aromatic rings. The van der Waals surface area contributed by atoms with E-state index in [-0.39, 0.29) is 18.9 Å². The van der Waals surface area contributed by atoms with E-state index in [1.165, 1.54) is 0 Å². The van der Waals surface area contributed by atoms with Crippen LogP contribution in [-0.4, -0.2) is 76.3 Å². The van der Waals surface area contributed by atoms with Crippen LogP contribution in [0.25, 0.3) is 0 Å². The zero-order chi connectivity index (χ0) is 17.7. The largest absolute Gasteiger partial charge is 0.481 e. The Morgan fingerprint density at radius 1 is 0.619 bits per heavy atom. The van der Waals surface area contributed by atoms with Crippen molar-refractivity contribution in [3.63, 3.8) is 0 Å². The van der Waals surface area contributed by atoms with Gasteiger partial charge >= 0.3 is 0 Å². The van der Waals surface area contributed by atoms with Crippen LogP contribution in [0.5, 0.6) is 0 Å². The molecule has 0 atom stereocenters. The Kier molecular flexibility index (Phi) is 63.1. The fraction of sp³-hybridized carbons (Fsp3) is 0.600. The summed E-state index contributed by atoms with van der Waals surface area (Å²) in [5.41, 5.74) is 9.81. The van der Waals surface area contributed by atoms with Gasteiger partial charge in [-0.3, -0.25) is 19.2 Å². The van der Waals surface area contributed by atoms with Crippen LogP contribution in [0.2, 0.25) is 0 Å². The van der Waals surface area contributed by atoms with Crippen LogP contribution in [-0.2, 0) is 19.2 Å². The molecule has 0 amide bonds. The summed E-state index contributed by atoms with van der Waals surface area (Å²) in [4.78, 5) is 36.0. The van der Waals surface area contributed by atoms with E-state index in [2.05, 4.69) is 0 Å². The molecule has 0 spiro atoms. The molecule has 8 N–H and O–H groups in total. The molecule has 0 rings (SSSR count). The van der Waals surface area contributed by atoms with Gasteiger partial charge in [-0.05, 0) is 0 Å². The van der Waals surface area contributed by atoms with E-state index >= 15 is 0 Å². The molecule has 0 aromatic heterocycles. The minimum atomic E-state index is -0.833. The molecule has 0 heterocycles. The van der Waals surface area contributed by atoms with E-state index in [0.717, 1.165) is 27.7 Å². The SMILES string of the molecule is CC(=O)O.CC(=O)O.CC(=O)O.CC(=O)O.NCCN.[Li]. The van der Waals surface area contributed by atoms with E-state index in [1.54, 1.807) is 0 Å². The van der Waals surface area contributed by atoms with Crippen LogP contribution in [0, 0.1) is 0 Å². The number of aliphatic carboxylic acids is 4. The molecule has 0 bridgehead atoms. The average Bonchev–Trinajstić information content (AvgIpc) is 2.13. The summed E-state index contributed by atoms with van der Waals surface area (Å²) < 4.78 is 0. The van der Waals surface area contributed by atoms with E-state index in [4.69, 9.17) is 51.1 Å². The van der Waals surface area contributed by atoms with Gasteiger partial charge in [0.05, 0.1) is 0 Å². The van der Waals surface area contributed by atoms with Crippen LogP contribution >= 0.6 is 0 Å². The van der Waals surface area contributed by atoms with Gasteiger partial charge in [0.1, 0.15) is 0 Å². The van der Waals surface area contributed by atoms with Gasteiger partial charge < -0.3 is 31.9 Å². The predicted molar refractivity (Wildman–Crippen MR) is 77.1 cm³/mol. The van der Waals surface area contributed by atoms with Crippen molar-refractivity contribution in [3.8, 4) is 0 Å². The van der Waals surface area contributed by atoms with Gasteiger partial charge in [0.2, 0.25) is 0 Å². The Balaban J connectivity index is -0.0000000331. The second kappa shape index (κ2) is 36.2. The molecule has 0 unspecified atom stereocenters. The molecule has 0 aliphatic carbocycles. The normalized spacial score (nSPS) is 6.19. The quantitative estimate of drug-likeness (QED) is 0.322. The molecule has 10 nitrogen and oxygen atoms in total. The molecule has 0 aliphatic rings. The Morgan fingerprint density at radius 3 is 0.667 bits per heavy atom. The fourth-order valence-electron chi connectivity index (χ4n) is 0. The molecule has 123 valence electrons. The van der Waals surface area contributed by atoms with Crippen molar-refractivity contribution in [1.29, 1.82) is 0 Å². The third-order valence-electron chi connectivity index (χ3n) is 0.167. The number of carbonyl (C=O) groups is 4. The number of hydrogen-bond donors (Lipinski definition) is 6. The summed E-state index contributed by atoms with van der Waals surface area (Å²) in [6.45, 7) is 5.53. The standard InChI is InChI=1S/C2H8N2.4C2H4O2.Li/c3-1-2-4;4*1-2(3)4;/h1-4H2;4*1H3,(H,3,4);. The maximum Gasteiger partial charge on any atom is 0.300 e. The summed E-state index contributed by atoms with van der Waals surface area (Å²) in [6, 6.07) is 0. The van der Waals surface area contributed by atoms with E-state index in [9.17, 15) is 0 Å². The maximum absolute atomic E-state index is 9.00. The summed E-state index contributed by atoms with van der Waals surface area (Å²) >= 11 is 0. The molecule has 21 heavy (non-hydrogen) atoms. The second-order valence-electron chi connectivity index (χ2n) is 2.65. The van der Waals surface area contributed by atoms with Crippen LogP contribution in [0.1, 0.15) is 27.7 Å². The van der Waals surface area contributed by atoms with Gasteiger partial charge in [-0.1, -0.05) is 0 Å². The predicted octanol–water partition coefficient (Wildman–Crippen LogP) is -1.11. The smallest absolute Gasteiger partial charge is 0.300 e. The summed E-state index contributed by atoms with van der Waals surface area (Å²) in [5, 5.41) is 29.7. The average molecular weight is 307 g/mol.